The molecule has 1 saturated heterocycles. The average Bonchev–Trinajstić information content (AvgIpc) is 3.38. The second-order valence-corrected chi connectivity index (χ2v) is 10.3. The molecule has 3 aromatic heterocycles. The highest BCUT2D eigenvalue weighted by atomic mass is 19.4. The van der Waals surface area contributed by atoms with Gasteiger partial charge in [0.15, 0.2) is 0 Å². The molecule has 1 fully saturated rings. The zero-order chi connectivity index (χ0) is 25.2. The van der Waals surface area contributed by atoms with E-state index in [-0.39, 0.29) is 34.0 Å². The van der Waals surface area contributed by atoms with Crippen molar-refractivity contribution in [3.8, 4) is 28.1 Å². The van der Waals surface area contributed by atoms with Crippen LogP contribution in [0.1, 0.15) is 52.3 Å². The molecule has 0 aliphatic carbocycles. The Balaban J connectivity index is 1.48. The summed E-state index contributed by atoms with van der Waals surface area (Å²) in [6, 6.07) is 5.96. The van der Waals surface area contributed by atoms with Crippen LogP contribution in [0.3, 0.4) is 0 Å². The number of phenolic OH excluding ortho intramolecular Hbond substituents is 1. The van der Waals surface area contributed by atoms with Crippen molar-refractivity contribution in [2.75, 3.05) is 0 Å². The van der Waals surface area contributed by atoms with Crippen molar-refractivity contribution in [3.63, 3.8) is 0 Å². The number of alkyl halides is 3. The Morgan fingerprint density at radius 1 is 1.00 bits per heavy atom. The van der Waals surface area contributed by atoms with Gasteiger partial charge in [0, 0.05) is 22.2 Å². The van der Waals surface area contributed by atoms with Gasteiger partial charge in [0.25, 0.3) is 0 Å². The van der Waals surface area contributed by atoms with Gasteiger partial charge < -0.3 is 10.4 Å². The van der Waals surface area contributed by atoms with E-state index in [1.165, 1.54) is 18.2 Å². The van der Waals surface area contributed by atoms with E-state index in [0.29, 0.717) is 22.4 Å². The molecule has 4 aromatic rings. The van der Waals surface area contributed by atoms with Crippen molar-refractivity contribution < 1.29 is 18.3 Å². The number of piperidine rings is 1. The SMILES string of the molecule is CC1(C)CC(n2nnc3cc(-c4ccc(-c5cn[nH]c5C(F)(F)F)cc4O)nnc32)CC(C)(C)N1. The molecule has 1 aliphatic heterocycles. The van der Waals surface area contributed by atoms with Crippen LogP contribution in [0.25, 0.3) is 33.5 Å². The zero-order valence-corrected chi connectivity index (χ0v) is 19.6. The molecule has 1 aliphatic rings. The molecular weight excluding hydrogens is 461 g/mol. The lowest BCUT2D eigenvalue weighted by Crippen LogP contribution is -2.58. The van der Waals surface area contributed by atoms with Crippen LogP contribution in [0.4, 0.5) is 13.2 Å². The summed E-state index contributed by atoms with van der Waals surface area (Å²) in [7, 11) is 0. The lowest BCUT2D eigenvalue weighted by molar-refractivity contribution is -0.140. The maximum atomic E-state index is 13.2. The summed E-state index contributed by atoms with van der Waals surface area (Å²) in [4.78, 5) is 0. The van der Waals surface area contributed by atoms with Crippen molar-refractivity contribution in [2.24, 2.45) is 0 Å². The van der Waals surface area contributed by atoms with Crippen LogP contribution >= 0.6 is 0 Å². The molecule has 1 aromatic carbocycles. The third kappa shape index (κ3) is 4.33. The number of nitrogens with one attached hydrogen (secondary N) is 2. The first kappa shape index (κ1) is 23.2. The summed E-state index contributed by atoms with van der Waals surface area (Å²) in [5.74, 6) is -0.236. The molecule has 0 unspecified atom stereocenters. The highest BCUT2D eigenvalue weighted by Gasteiger charge is 2.39. The van der Waals surface area contributed by atoms with E-state index in [1.54, 1.807) is 10.7 Å². The fourth-order valence-corrected chi connectivity index (χ4v) is 5.21. The number of aromatic amines is 1. The van der Waals surface area contributed by atoms with Gasteiger partial charge in [-0.1, -0.05) is 11.3 Å². The first-order chi connectivity index (χ1) is 16.3. The summed E-state index contributed by atoms with van der Waals surface area (Å²) < 4.78 is 41.4. The molecule has 184 valence electrons. The monoisotopic (exact) mass is 486 g/mol. The van der Waals surface area contributed by atoms with E-state index in [4.69, 9.17) is 0 Å². The normalized spacial score (nSPS) is 18.3. The molecule has 0 amide bonds. The number of aromatic hydroxyl groups is 1. The quantitative estimate of drug-likeness (QED) is 0.391. The molecule has 0 saturated carbocycles. The number of phenols is 1. The molecule has 35 heavy (non-hydrogen) atoms. The van der Waals surface area contributed by atoms with Crippen LogP contribution in [0.2, 0.25) is 0 Å². The fourth-order valence-electron chi connectivity index (χ4n) is 5.21. The predicted octanol–water partition coefficient (Wildman–Crippen LogP) is 4.48. The Labute approximate surface area is 198 Å². The Bertz CT molecular complexity index is 1390. The van der Waals surface area contributed by atoms with Crippen molar-refractivity contribution >= 4 is 11.2 Å². The maximum Gasteiger partial charge on any atom is 0.433 e. The number of nitrogens with zero attached hydrogens (tertiary/aromatic N) is 6. The summed E-state index contributed by atoms with van der Waals surface area (Å²) >= 11 is 0. The summed E-state index contributed by atoms with van der Waals surface area (Å²) in [5, 5.41) is 36.9. The van der Waals surface area contributed by atoms with E-state index in [1.807, 2.05) is 5.10 Å². The van der Waals surface area contributed by atoms with Crippen LogP contribution in [-0.4, -0.2) is 51.6 Å². The van der Waals surface area contributed by atoms with Crippen LogP contribution in [0, 0.1) is 0 Å². The van der Waals surface area contributed by atoms with Crippen molar-refractivity contribution in [1.29, 1.82) is 0 Å². The highest BCUT2D eigenvalue weighted by Crippen LogP contribution is 2.39. The summed E-state index contributed by atoms with van der Waals surface area (Å²) in [6.45, 7) is 8.60. The van der Waals surface area contributed by atoms with E-state index in [9.17, 15) is 18.3 Å². The number of fused-ring (bicyclic) bond motifs is 1. The minimum Gasteiger partial charge on any atom is -0.507 e. The Kier molecular flexibility index (Phi) is 5.13. The Morgan fingerprint density at radius 3 is 2.37 bits per heavy atom. The van der Waals surface area contributed by atoms with Gasteiger partial charge in [0.2, 0.25) is 5.65 Å². The van der Waals surface area contributed by atoms with E-state index in [0.717, 1.165) is 19.0 Å². The number of rotatable bonds is 3. The van der Waals surface area contributed by atoms with E-state index >= 15 is 0 Å². The molecule has 12 heteroatoms. The number of hydrogen-bond acceptors (Lipinski definition) is 7. The second-order valence-electron chi connectivity index (χ2n) is 10.3. The molecule has 0 atom stereocenters. The lowest BCUT2D eigenvalue weighted by Gasteiger charge is -2.46. The maximum absolute atomic E-state index is 13.2. The molecule has 5 rings (SSSR count). The van der Waals surface area contributed by atoms with Crippen molar-refractivity contribution in [3.05, 3.63) is 36.2 Å². The highest BCUT2D eigenvalue weighted by molar-refractivity contribution is 5.79. The van der Waals surface area contributed by atoms with Gasteiger partial charge in [-0.15, -0.1) is 15.3 Å². The molecule has 9 nitrogen and oxygen atoms in total. The van der Waals surface area contributed by atoms with E-state index < -0.39 is 11.9 Å². The van der Waals surface area contributed by atoms with Gasteiger partial charge in [-0.05, 0) is 64.3 Å². The number of H-pyrrole nitrogens is 1. The van der Waals surface area contributed by atoms with Gasteiger partial charge >= 0.3 is 6.18 Å². The number of aromatic nitrogens is 7. The third-order valence-electron chi connectivity index (χ3n) is 6.24. The van der Waals surface area contributed by atoms with Crippen LogP contribution < -0.4 is 5.32 Å². The van der Waals surface area contributed by atoms with Gasteiger partial charge in [-0.3, -0.25) is 5.10 Å². The predicted molar refractivity (Wildman–Crippen MR) is 122 cm³/mol. The second kappa shape index (κ2) is 7.74. The van der Waals surface area contributed by atoms with Crippen molar-refractivity contribution in [2.45, 2.75) is 63.8 Å². The fraction of sp³-hybridized carbons (Fsp3) is 0.435. The Hall–Kier alpha value is -3.54. The molecule has 0 spiro atoms. The smallest absolute Gasteiger partial charge is 0.433 e. The van der Waals surface area contributed by atoms with Gasteiger partial charge in [-0.25, -0.2) is 4.68 Å². The Morgan fingerprint density at radius 2 is 1.71 bits per heavy atom. The number of halogens is 3. The summed E-state index contributed by atoms with van der Waals surface area (Å²) in [5.41, 5.74) is 0.561. The number of benzene rings is 1. The largest absolute Gasteiger partial charge is 0.507 e. The molecule has 0 radical (unpaired) electrons. The van der Waals surface area contributed by atoms with Gasteiger partial charge in [0.05, 0.1) is 17.9 Å². The minimum absolute atomic E-state index is 0.0804. The lowest BCUT2D eigenvalue weighted by atomic mass is 9.80. The number of hydrogen-bond donors (Lipinski definition) is 3. The molecule has 3 N–H and O–H groups in total. The first-order valence-electron chi connectivity index (χ1n) is 11.2. The molecule has 4 heterocycles. The van der Waals surface area contributed by atoms with Crippen LogP contribution in [-0.2, 0) is 6.18 Å². The third-order valence-corrected chi connectivity index (χ3v) is 6.24. The van der Waals surface area contributed by atoms with Crippen LogP contribution in [0.5, 0.6) is 5.75 Å². The van der Waals surface area contributed by atoms with E-state index in [2.05, 4.69) is 58.6 Å². The molecular formula is C23H25F3N8O. The zero-order valence-electron chi connectivity index (χ0n) is 19.6. The molecule has 0 bridgehead atoms. The topological polar surface area (TPSA) is 117 Å². The summed E-state index contributed by atoms with van der Waals surface area (Å²) in [6.07, 6.45) is -1.84. The standard InChI is InChI=1S/C23H25F3N8O/c1-21(2)9-13(10-22(3,4)32-21)34-20-17(29-33-34)8-16(28-31-20)14-6-5-12(7-18(14)35)15-11-27-30-19(15)23(24,25)26/h5-8,11,13,32,35H,9-10H2,1-4H3,(H,27,30). The van der Waals surface area contributed by atoms with Crippen LogP contribution in [0.15, 0.2) is 30.5 Å². The first-order valence-corrected chi connectivity index (χ1v) is 11.2. The minimum atomic E-state index is -4.60. The average molecular weight is 487 g/mol. The van der Waals surface area contributed by atoms with Crippen molar-refractivity contribution in [1.82, 2.24) is 40.7 Å². The van der Waals surface area contributed by atoms with Gasteiger partial charge in [0.1, 0.15) is 17.0 Å². The van der Waals surface area contributed by atoms with Gasteiger partial charge in [-0.2, -0.15) is 18.3 Å².